The van der Waals surface area contributed by atoms with Crippen molar-refractivity contribution in [1.29, 1.82) is 5.41 Å². The number of carbonyl (C=O) groups is 3. The number of imide groups is 1. The summed E-state index contributed by atoms with van der Waals surface area (Å²) >= 11 is 1.70. The first-order valence-electron chi connectivity index (χ1n) is 11.5. The largest absolute Gasteiger partial charge is 0.423 e. The van der Waals surface area contributed by atoms with Crippen LogP contribution in [0.1, 0.15) is 50.3 Å². The third-order valence-electron chi connectivity index (χ3n) is 5.61. The number of rotatable bonds is 10. The Hall–Kier alpha value is -4.11. The summed E-state index contributed by atoms with van der Waals surface area (Å²) in [5.74, 6) is 0.311. The number of carbonyl (C=O) groups excluding carboxylic acids is 3. The molecule has 0 saturated heterocycles. The maximum Gasteiger partial charge on any atom is 0.343 e. The van der Waals surface area contributed by atoms with Gasteiger partial charge >= 0.3 is 5.97 Å². The van der Waals surface area contributed by atoms with Gasteiger partial charge in [-0.25, -0.2) is 4.79 Å². The van der Waals surface area contributed by atoms with Crippen molar-refractivity contribution in [3.8, 4) is 5.75 Å². The zero-order chi connectivity index (χ0) is 25.5. The highest BCUT2D eigenvalue weighted by atomic mass is 32.2. The highest BCUT2D eigenvalue weighted by Crippen LogP contribution is 2.25. The zero-order valence-electron chi connectivity index (χ0n) is 19.5. The highest BCUT2D eigenvalue weighted by Gasteiger charge is 2.34. The van der Waals surface area contributed by atoms with Crippen molar-refractivity contribution in [3.05, 3.63) is 89.5 Å². The molecule has 3 aromatic carbocycles. The molecule has 0 unspecified atom stereocenters. The van der Waals surface area contributed by atoms with Crippen molar-refractivity contribution in [1.82, 2.24) is 4.90 Å². The number of nitrogens with zero attached hydrogens (tertiary/aromatic N) is 1. The van der Waals surface area contributed by atoms with E-state index >= 15 is 0 Å². The van der Waals surface area contributed by atoms with Crippen molar-refractivity contribution in [3.63, 3.8) is 0 Å². The number of guanidine groups is 1. The standard InChI is InChI=1S/C27H26N4O4S/c28-27(29)30-19-10-8-18(9-11-19)26(34)35-20-12-14-21(15-13-20)36-17-5-1-4-16-31-24(32)22-6-2-3-7-23(22)25(31)33/h2-3,6-15H,1,4-5,16-17H2,(H4,28,29,30). The molecular weight excluding hydrogens is 476 g/mol. The monoisotopic (exact) mass is 502 g/mol. The normalized spacial score (nSPS) is 12.4. The summed E-state index contributed by atoms with van der Waals surface area (Å²) in [6.07, 6.45) is 2.64. The van der Waals surface area contributed by atoms with Crippen LogP contribution >= 0.6 is 11.8 Å². The van der Waals surface area contributed by atoms with Gasteiger partial charge in [0.05, 0.1) is 16.7 Å². The van der Waals surface area contributed by atoms with Crippen LogP contribution in [-0.4, -0.2) is 40.9 Å². The van der Waals surface area contributed by atoms with Crippen LogP contribution in [0.2, 0.25) is 0 Å². The van der Waals surface area contributed by atoms with E-state index in [0.717, 1.165) is 29.9 Å². The van der Waals surface area contributed by atoms with Crippen LogP contribution in [0.25, 0.3) is 0 Å². The lowest BCUT2D eigenvalue weighted by atomic mass is 10.1. The van der Waals surface area contributed by atoms with E-state index < -0.39 is 5.97 Å². The van der Waals surface area contributed by atoms with Crippen LogP contribution in [-0.2, 0) is 0 Å². The van der Waals surface area contributed by atoms with E-state index in [9.17, 15) is 14.4 Å². The highest BCUT2D eigenvalue weighted by molar-refractivity contribution is 7.99. The molecule has 1 aliphatic heterocycles. The average Bonchev–Trinajstić information content (AvgIpc) is 3.12. The molecule has 0 aliphatic carbocycles. The fourth-order valence-corrected chi connectivity index (χ4v) is 4.71. The summed E-state index contributed by atoms with van der Waals surface area (Å²) in [4.78, 5) is 39.5. The quantitative estimate of drug-likeness (QED) is 0.0693. The number of nitrogens with two attached hydrogens (primary N) is 1. The average molecular weight is 503 g/mol. The van der Waals surface area contributed by atoms with Crippen LogP contribution < -0.4 is 15.8 Å². The predicted octanol–water partition coefficient (Wildman–Crippen LogP) is 4.77. The molecular formula is C27H26N4O4S. The Morgan fingerprint density at radius 3 is 2.14 bits per heavy atom. The number of unbranched alkanes of at least 4 members (excludes halogenated alkanes) is 2. The number of ether oxygens (including phenoxy) is 1. The summed E-state index contributed by atoms with van der Waals surface area (Å²) in [5.41, 5.74) is 7.28. The van der Waals surface area contributed by atoms with Gasteiger partial charge < -0.3 is 15.8 Å². The molecule has 0 bridgehead atoms. The molecule has 3 aromatic rings. The number of fused-ring (bicyclic) bond motifs is 1. The number of hydrogen-bond acceptors (Lipinski definition) is 6. The van der Waals surface area contributed by atoms with E-state index in [1.54, 1.807) is 72.4 Å². The Morgan fingerprint density at radius 2 is 1.53 bits per heavy atom. The second-order valence-corrected chi connectivity index (χ2v) is 9.36. The van der Waals surface area contributed by atoms with Crippen molar-refractivity contribution >= 4 is 41.2 Å². The lowest BCUT2D eigenvalue weighted by Crippen LogP contribution is -2.30. The number of esters is 1. The van der Waals surface area contributed by atoms with Gasteiger partial charge in [-0.3, -0.25) is 19.9 Å². The van der Waals surface area contributed by atoms with Gasteiger partial charge in [0.15, 0.2) is 5.96 Å². The van der Waals surface area contributed by atoms with Gasteiger partial charge in [-0.15, -0.1) is 11.8 Å². The molecule has 2 amide bonds. The molecule has 0 spiro atoms. The second-order valence-electron chi connectivity index (χ2n) is 8.19. The third-order valence-corrected chi connectivity index (χ3v) is 6.71. The van der Waals surface area contributed by atoms with Crippen LogP contribution in [0.15, 0.2) is 77.7 Å². The summed E-state index contributed by atoms with van der Waals surface area (Å²) in [7, 11) is 0. The molecule has 1 aliphatic rings. The van der Waals surface area contributed by atoms with Crippen molar-refractivity contribution in [2.45, 2.75) is 24.2 Å². The molecule has 0 aromatic heterocycles. The van der Waals surface area contributed by atoms with E-state index in [0.29, 0.717) is 34.7 Å². The van der Waals surface area contributed by atoms with E-state index in [1.165, 1.54) is 4.90 Å². The molecule has 4 rings (SSSR count). The summed E-state index contributed by atoms with van der Waals surface area (Å²) in [6.45, 7) is 0.438. The van der Waals surface area contributed by atoms with Crippen molar-refractivity contribution in [2.24, 2.45) is 5.73 Å². The van der Waals surface area contributed by atoms with Gasteiger partial charge in [-0.2, -0.15) is 0 Å². The van der Waals surface area contributed by atoms with E-state index in [2.05, 4.69) is 5.32 Å². The van der Waals surface area contributed by atoms with Crippen molar-refractivity contribution in [2.75, 3.05) is 17.6 Å². The van der Waals surface area contributed by atoms with E-state index in [4.69, 9.17) is 15.9 Å². The fourth-order valence-electron chi connectivity index (χ4n) is 3.80. The Morgan fingerprint density at radius 1 is 0.889 bits per heavy atom. The Balaban J connectivity index is 1.16. The number of amides is 2. The molecule has 0 radical (unpaired) electrons. The van der Waals surface area contributed by atoms with Gasteiger partial charge in [-0.05, 0) is 79.3 Å². The van der Waals surface area contributed by atoms with Crippen LogP contribution in [0.3, 0.4) is 0 Å². The SMILES string of the molecule is N=C(N)Nc1ccc(C(=O)Oc2ccc(SCCCCCN3C(=O)c4ccccc4C3=O)cc2)cc1. The first-order valence-corrected chi connectivity index (χ1v) is 12.5. The smallest absolute Gasteiger partial charge is 0.343 e. The Labute approximate surface area is 213 Å². The molecule has 4 N–H and O–H groups in total. The molecule has 8 nitrogen and oxygen atoms in total. The lowest BCUT2D eigenvalue weighted by molar-refractivity contribution is 0.0650. The zero-order valence-corrected chi connectivity index (χ0v) is 20.3. The Kier molecular flexibility index (Phi) is 8.02. The number of thioether (sulfide) groups is 1. The predicted molar refractivity (Wildman–Crippen MR) is 140 cm³/mol. The molecule has 9 heteroatoms. The third kappa shape index (κ3) is 6.11. The summed E-state index contributed by atoms with van der Waals surface area (Å²) in [6, 6.07) is 20.8. The van der Waals surface area contributed by atoms with Crippen LogP contribution in [0.4, 0.5) is 5.69 Å². The first kappa shape index (κ1) is 25.0. The maximum absolute atomic E-state index is 12.4. The number of benzene rings is 3. The minimum Gasteiger partial charge on any atom is -0.423 e. The molecule has 1 heterocycles. The van der Waals surface area contributed by atoms with Crippen LogP contribution in [0.5, 0.6) is 5.75 Å². The molecule has 36 heavy (non-hydrogen) atoms. The molecule has 0 saturated carbocycles. The molecule has 0 fully saturated rings. The number of hydrogen-bond donors (Lipinski definition) is 3. The van der Waals surface area contributed by atoms with Crippen LogP contribution in [0, 0.1) is 5.41 Å². The first-order chi connectivity index (χ1) is 17.4. The summed E-state index contributed by atoms with van der Waals surface area (Å²) in [5, 5.41) is 9.88. The molecule has 184 valence electrons. The van der Waals surface area contributed by atoms with Crippen molar-refractivity contribution < 1.29 is 19.1 Å². The van der Waals surface area contributed by atoms with Gasteiger partial charge in [0.1, 0.15) is 5.75 Å². The molecule has 0 atom stereocenters. The minimum absolute atomic E-state index is 0.176. The topological polar surface area (TPSA) is 126 Å². The number of nitrogens with one attached hydrogen (secondary N) is 2. The summed E-state index contributed by atoms with van der Waals surface area (Å²) < 4.78 is 5.43. The Bertz CT molecular complexity index is 1240. The van der Waals surface area contributed by atoms with Gasteiger partial charge in [0, 0.05) is 17.1 Å². The maximum atomic E-state index is 12.4. The van der Waals surface area contributed by atoms with E-state index in [-0.39, 0.29) is 17.8 Å². The van der Waals surface area contributed by atoms with Gasteiger partial charge in [0.25, 0.3) is 11.8 Å². The van der Waals surface area contributed by atoms with E-state index in [1.807, 2.05) is 12.1 Å². The fraction of sp³-hybridized carbons (Fsp3) is 0.185. The number of anilines is 1. The lowest BCUT2D eigenvalue weighted by Gasteiger charge is -2.13. The van der Waals surface area contributed by atoms with Gasteiger partial charge in [-0.1, -0.05) is 18.6 Å². The van der Waals surface area contributed by atoms with Gasteiger partial charge in [0.2, 0.25) is 0 Å². The minimum atomic E-state index is -0.470. The second kappa shape index (κ2) is 11.5.